The van der Waals surface area contributed by atoms with Crippen LogP contribution >= 0.6 is 43.5 Å². The third-order valence-corrected chi connectivity index (χ3v) is 3.85. The molecule has 2 aromatic rings. The first kappa shape index (κ1) is 12.9. The van der Waals surface area contributed by atoms with E-state index in [1.807, 2.05) is 30.3 Å². The number of aromatic nitrogens is 1. The van der Waals surface area contributed by atoms with E-state index in [-0.39, 0.29) is 0 Å². The summed E-state index contributed by atoms with van der Waals surface area (Å²) in [5.74, 6) is 0. The molecule has 0 atom stereocenters. The van der Waals surface area contributed by atoms with Gasteiger partial charge in [-0.05, 0) is 45.8 Å². The standard InChI is InChI=1S/C12H9Br2ClN2/c13-10-6-9(15)4-3-8(10)7-17-11-2-1-5-16-12(11)14/h1-6,17H,7H2. The van der Waals surface area contributed by atoms with Gasteiger partial charge < -0.3 is 5.32 Å². The number of pyridine rings is 1. The summed E-state index contributed by atoms with van der Waals surface area (Å²) in [5.41, 5.74) is 2.11. The van der Waals surface area contributed by atoms with E-state index in [4.69, 9.17) is 11.6 Å². The topological polar surface area (TPSA) is 24.9 Å². The fourth-order valence-electron chi connectivity index (χ4n) is 1.37. The van der Waals surface area contributed by atoms with Crippen LogP contribution in [0.15, 0.2) is 45.6 Å². The fourth-order valence-corrected chi connectivity index (χ4v) is 2.59. The molecule has 0 saturated carbocycles. The Morgan fingerprint density at radius 3 is 2.76 bits per heavy atom. The molecule has 0 saturated heterocycles. The van der Waals surface area contributed by atoms with Gasteiger partial charge in [0.25, 0.3) is 0 Å². The highest BCUT2D eigenvalue weighted by Crippen LogP contribution is 2.24. The Bertz CT molecular complexity index is 532. The highest BCUT2D eigenvalue weighted by atomic mass is 79.9. The Labute approximate surface area is 122 Å². The van der Waals surface area contributed by atoms with E-state index in [1.165, 1.54) is 0 Å². The Balaban J connectivity index is 2.10. The van der Waals surface area contributed by atoms with Crippen LogP contribution < -0.4 is 5.32 Å². The van der Waals surface area contributed by atoms with E-state index in [1.54, 1.807) is 6.20 Å². The van der Waals surface area contributed by atoms with Crippen molar-refractivity contribution in [1.82, 2.24) is 4.98 Å². The van der Waals surface area contributed by atoms with Gasteiger partial charge in [-0.25, -0.2) is 4.98 Å². The lowest BCUT2D eigenvalue weighted by Gasteiger charge is -2.09. The summed E-state index contributed by atoms with van der Waals surface area (Å²) in [5, 5.41) is 4.03. The minimum absolute atomic E-state index is 0.710. The third-order valence-electron chi connectivity index (χ3n) is 2.24. The molecule has 0 radical (unpaired) electrons. The molecule has 17 heavy (non-hydrogen) atoms. The van der Waals surface area contributed by atoms with Gasteiger partial charge >= 0.3 is 0 Å². The van der Waals surface area contributed by atoms with Crippen molar-refractivity contribution < 1.29 is 0 Å². The second-order valence-corrected chi connectivity index (χ2v) is 5.47. The molecule has 88 valence electrons. The molecule has 1 heterocycles. The third kappa shape index (κ3) is 3.44. The van der Waals surface area contributed by atoms with E-state index < -0.39 is 0 Å². The highest BCUT2D eigenvalue weighted by molar-refractivity contribution is 9.10. The summed E-state index contributed by atoms with van der Waals surface area (Å²) in [6, 6.07) is 9.62. The van der Waals surface area contributed by atoms with Gasteiger partial charge in [-0.2, -0.15) is 0 Å². The van der Waals surface area contributed by atoms with Crippen LogP contribution in [0.4, 0.5) is 5.69 Å². The molecule has 0 aliphatic heterocycles. The molecule has 2 nitrogen and oxygen atoms in total. The molecule has 0 amide bonds. The Morgan fingerprint density at radius 2 is 2.06 bits per heavy atom. The van der Waals surface area contributed by atoms with Crippen molar-refractivity contribution >= 4 is 49.1 Å². The van der Waals surface area contributed by atoms with Crippen molar-refractivity contribution in [2.75, 3.05) is 5.32 Å². The molecule has 1 N–H and O–H groups in total. The van der Waals surface area contributed by atoms with Gasteiger partial charge in [0.1, 0.15) is 4.60 Å². The van der Waals surface area contributed by atoms with Crippen LogP contribution in [0.25, 0.3) is 0 Å². The number of halogens is 3. The van der Waals surface area contributed by atoms with Gasteiger partial charge in [0.05, 0.1) is 5.69 Å². The van der Waals surface area contributed by atoms with Gasteiger partial charge in [0, 0.05) is 22.2 Å². The van der Waals surface area contributed by atoms with Crippen LogP contribution in [0.1, 0.15) is 5.56 Å². The SMILES string of the molecule is Clc1ccc(CNc2cccnc2Br)c(Br)c1. The van der Waals surface area contributed by atoms with Gasteiger partial charge in [-0.1, -0.05) is 33.6 Å². The fraction of sp³-hybridized carbons (Fsp3) is 0.0833. The normalized spacial score (nSPS) is 10.3. The zero-order chi connectivity index (χ0) is 12.3. The van der Waals surface area contributed by atoms with E-state index >= 15 is 0 Å². The zero-order valence-electron chi connectivity index (χ0n) is 8.75. The molecule has 0 aliphatic rings. The maximum atomic E-state index is 5.89. The summed E-state index contributed by atoms with van der Waals surface area (Å²) in [4.78, 5) is 4.15. The molecule has 0 spiro atoms. The monoisotopic (exact) mass is 374 g/mol. The summed E-state index contributed by atoms with van der Waals surface area (Å²) in [6.45, 7) is 0.710. The number of nitrogens with zero attached hydrogens (tertiary/aromatic N) is 1. The Hall–Kier alpha value is -0.580. The summed E-state index contributed by atoms with van der Waals surface area (Å²) in [6.07, 6.45) is 1.74. The van der Waals surface area contributed by atoms with Crippen molar-refractivity contribution in [3.63, 3.8) is 0 Å². The number of rotatable bonds is 3. The minimum atomic E-state index is 0.710. The molecule has 5 heteroatoms. The first-order valence-corrected chi connectivity index (χ1v) is 6.91. The van der Waals surface area contributed by atoms with E-state index in [2.05, 4.69) is 42.2 Å². The minimum Gasteiger partial charge on any atom is -0.379 e. The van der Waals surface area contributed by atoms with Crippen LogP contribution in [-0.4, -0.2) is 4.98 Å². The molecule has 0 aliphatic carbocycles. The maximum Gasteiger partial charge on any atom is 0.129 e. The van der Waals surface area contributed by atoms with Crippen LogP contribution in [0.2, 0.25) is 5.02 Å². The molecule has 2 rings (SSSR count). The highest BCUT2D eigenvalue weighted by Gasteiger charge is 2.03. The molecule has 0 bridgehead atoms. The van der Waals surface area contributed by atoms with Crippen molar-refractivity contribution in [3.8, 4) is 0 Å². The largest absolute Gasteiger partial charge is 0.379 e. The zero-order valence-corrected chi connectivity index (χ0v) is 12.7. The first-order chi connectivity index (χ1) is 8.16. The quantitative estimate of drug-likeness (QED) is 0.773. The molecule has 1 aromatic heterocycles. The van der Waals surface area contributed by atoms with Gasteiger partial charge in [0.2, 0.25) is 0 Å². The summed E-state index contributed by atoms with van der Waals surface area (Å²) >= 11 is 12.8. The van der Waals surface area contributed by atoms with Crippen molar-refractivity contribution in [2.24, 2.45) is 0 Å². The number of hydrogen-bond donors (Lipinski definition) is 1. The molecule has 0 fully saturated rings. The van der Waals surface area contributed by atoms with E-state index in [0.717, 1.165) is 25.3 Å². The van der Waals surface area contributed by atoms with E-state index in [9.17, 15) is 0 Å². The molecular formula is C12H9Br2ClN2. The lowest BCUT2D eigenvalue weighted by Crippen LogP contribution is -2.01. The Kier molecular flexibility index (Phi) is 4.42. The second-order valence-electron chi connectivity index (χ2n) is 3.43. The maximum absolute atomic E-state index is 5.89. The van der Waals surface area contributed by atoms with Crippen LogP contribution in [-0.2, 0) is 6.54 Å². The lowest BCUT2D eigenvalue weighted by molar-refractivity contribution is 1.12. The Morgan fingerprint density at radius 1 is 1.24 bits per heavy atom. The number of hydrogen-bond acceptors (Lipinski definition) is 2. The van der Waals surface area contributed by atoms with Crippen molar-refractivity contribution in [1.29, 1.82) is 0 Å². The smallest absolute Gasteiger partial charge is 0.129 e. The summed E-state index contributed by atoms with van der Waals surface area (Å²) < 4.78 is 1.81. The predicted octanol–water partition coefficient (Wildman–Crippen LogP) is 4.87. The lowest BCUT2D eigenvalue weighted by atomic mass is 10.2. The van der Waals surface area contributed by atoms with Gasteiger partial charge in [0.15, 0.2) is 0 Å². The number of benzene rings is 1. The average Bonchev–Trinajstić information content (AvgIpc) is 2.30. The van der Waals surface area contributed by atoms with Crippen LogP contribution in [0.3, 0.4) is 0 Å². The molecular weight excluding hydrogens is 367 g/mol. The number of anilines is 1. The number of nitrogens with one attached hydrogen (secondary N) is 1. The second kappa shape index (κ2) is 5.85. The predicted molar refractivity (Wildman–Crippen MR) is 78.4 cm³/mol. The van der Waals surface area contributed by atoms with Crippen LogP contribution in [0.5, 0.6) is 0 Å². The van der Waals surface area contributed by atoms with Crippen LogP contribution in [0, 0.1) is 0 Å². The molecule has 0 unspecified atom stereocenters. The van der Waals surface area contributed by atoms with Crippen molar-refractivity contribution in [3.05, 3.63) is 56.2 Å². The van der Waals surface area contributed by atoms with E-state index in [0.29, 0.717) is 6.54 Å². The summed E-state index contributed by atoms with van der Waals surface area (Å²) in [7, 11) is 0. The molecule has 1 aromatic carbocycles. The van der Waals surface area contributed by atoms with Gasteiger partial charge in [-0.3, -0.25) is 0 Å². The first-order valence-electron chi connectivity index (χ1n) is 4.95. The van der Waals surface area contributed by atoms with Crippen molar-refractivity contribution in [2.45, 2.75) is 6.54 Å². The van der Waals surface area contributed by atoms with Gasteiger partial charge in [-0.15, -0.1) is 0 Å². The average molecular weight is 376 g/mol.